The second-order valence-electron chi connectivity index (χ2n) is 16.3. The van der Waals surface area contributed by atoms with E-state index in [-0.39, 0.29) is 37.5 Å². The third-order valence-electron chi connectivity index (χ3n) is 10.5. The summed E-state index contributed by atoms with van der Waals surface area (Å²) in [5, 5.41) is 0. The van der Waals surface area contributed by atoms with E-state index in [2.05, 4.69) is 87.6 Å². The SMILES string of the molecule is CC/C=C\C/C=C\C/C=C\C/C=C\C/C=C\CCC(=O)OCC(COC(=O)CCCCCC/C=C\CCCC)OC(=O)CCCCCCCCCCCCCCCCCC. The van der Waals surface area contributed by atoms with Crippen molar-refractivity contribution in [2.45, 2.75) is 239 Å². The Morgan fingerprint density at radius 3 is 1.17 bits per heavy atom. The van der Waals surface area contributed by atoms with E-state index >= 15 is 0 Å². The smallest absolute Gasteiger partial charge is 0.306 e. The highest BCUT2D eigenvalue weighted by Gasteiger charge is 2.19. The Hall–Kier alpha value is -3.15. The molecule has 0 rings (SSSR count). The first-order valence-electron chi connectivity index (χ1n) is 24.9. The van der Waals surface area contributed by atoms with Crippen LogP contribution in [0.3, 0.4) is 0 Å². The second kappa shape index (κ2) is 48.5. The van der Waals surface area contributed by atoms with Crippen molar-refractivity contribution in [1.82, 2.24) is 0 Å². The average Bonchev–Trinajstić information content (AvgIpc) is 3.24. The van der Waals surface area contributed by atoms with Crippen LogP contribution < -0.4 is 0 Å². The third kappa shape index (κ3) is 45.9. The molecule has 0 aromatic heterocycles. The van der Waals surface area contributed by atoms with Gasteiger partial charge in [0.25, 0.3) is 0 Å². The van der Waals surface area contributed by atoms with Gasteiger partial charge in [-0.05, 0) is 70.6 Å². The van der Waals surface area contributed by atoms with Gasteiger partial charge in [-0.15, -0.1) is 0 Å². The molecular weight excluding hydrogens is 745 g/mol. The molecule has 60 heavy (non-hydrogen) atoms. The second-order valence-corrected chi connectivity index (χ2v) is 16.3. The Morgan fingerprint density at radius 1 is 0.350 bits per heavy atom. The molecular formula is C54H92O6. The van der Waals surface area contributed by atoms with Crippen molar-refractivity contribution in [2.75, 3.05) is 13.2 Å². The Kier molecular flexibility index (Phi) is 46.0. The van der Waals surface area contributed by atoms with Gasteiger partial charge < -0.3 is 14.2 Å². The van der Waals surface area contributed by atoms with Gasteiger partial charge in [-0.3, -0.25) is 14.4 Å². The van der Waals surface area contributed by atoms with Crippen LogP contribution in [0.1, 0.15) is 233 Å². The van der Waals surface area contributed by atoms with Gasteiger partial charge in [0.1, 0.15) is 13.2 Å². The summed E-state index contributed by atoms with van der Waals surface area (Å²) in [5.74, 6) is -1.00. The van der Waals surface area contributed by atoms with Gasteiger partial charge >= 0.3 is 17.9 Å². The Labute approximate surface area is 370 Å². The molecule has 0 amide bonds. The van der Waals surface area contributed by atoms with Gasteiger partial charge in [-0.1, -0.05) is 216 Å². The van der Waals surface area contributed by atoms with Gasteiger partial charge in [-0.25, -0.2) is 0 Å². The topological polar surface area (TPSA) is 78.9 Å². The minimum Gasteiger partial charge on any atom is -0.462 e. The van der Waals surface area contributed by atoms with Crippen LogP contribution in [0.5, 0.6) is 0 Å². The van der Waals surface area contributed by atoms with E-state index in [1.807, 2.05) is 6.08 Å². The van der Waals surface area contributed by atoms with Crippen molar-refractivity contribution in [3.05, 3.63) is 72.9 Å². The summed E-state index contributed by atoms with van der Waals surface area (Å²) in [6.45, 7) is 6.40. The van der Waals surface area contributed by atoms with Crippen LogP contribution in [0.2, 0.25) is 0 Å². The van der Waals surface area contributed by atoms with Gasteiger partial charge in [-0.2, -0.15) is 0 Å². The lowest BCUT2D eigenvalue weighted by atomic mass is 10.0. The van der Waals surface area contributed by atoms with Crippen molar-refractivity contribution < 1.29 is 28.6 Å². The molecule has 0 aliphatic heterocycles. The zero-order chi connectivity index (χ0) is 43.7. The summed E-state index contributed by atoms with van der Waals surface area (Å²) in [5.41, 5.74) is 0. The zero-order valence-corrected chi connectivity index (χ0v) is 39.2. The van der Waals surface area contributed by atoms with E-state index < -0.39 is 6.10 Å². The Morgan fingerprint density at radius 2 is 0.700 bits per heavy atom. The summed E-state index contributed by atoms with van der Waals surface area (Å²) in [6.07, 6.45) is 60.4. The van der Waals surface area contributed by atoms with Gasteiger partial charge in [0.15, 0.2) is 6.10 Å². The van der Waals surface area contributed by atoms with Crippen LogP contribution in [0.15, 0.2) is 72.9 Å². The van der Waals surface area contributed by atoms with Crippen LogP contribution in [0.4, 0.5) is 0 Å². The summed E-state index contributed by atoms with van der Waals surface area (Å²) >= 11 is 0. The zero-order valence-electron chi connectivity index (χ0n) is 39.2. The maximum atomic E-state index is 12.8. The standard InChI is InChI=1S/C54H92O6/c1-4-7-10-13-16-19-22-24-26-28-30-32-35-38-41-44-47-53(56)59-50-51(49-58-52(55)46-43-40-37-34-21-18-15-12-9-6-3)60-54(57)48-45-42-39-36-33-31-29-27-25-23-20-17-14-11-8-5-2/h7,10,15-16,18-19,24,26,30,32,38,41,51H,4-6,8-9,11-14,17,20-23,25,27-29,31,33-37,39-40,42-50H2,1-3H3/b10-7-,18-15-,19-16-,26-24-,32-30-,41-38-. The van der Waals surface area contributed by atoms with E-state index in [0.29, 0.717) is 19.3 Å². The molecule has 1 atom stereocenters. The Balaban J connectivity index is 4.46. The molecule has 0 radical (unpaired) electrons. The molecule has 1 unspecified atom stereocenters. The van der Waals surface area contributed by atoms with E-state index in [1.165, 1.54) is 96.3 Å². The molecule has 0 heterocycles. The summed E-state index contributed by atoms with van der Waals surface area (Å²) < 4.78 is 16.7. The number of unbranched alkanes of at least 4 members (excludes halogenated alkanes) is 21. The highest BCUT2D eigenvalue weighted by Crippen LogP contribution is 2.15. The fourth-order valence-corrected chi connectivity index (χ4v) is 6.71. The van der Waals surface area contributed by atoms with Gasteiger partial charge in [0.2, 0.25) is 0 Å². The van der Waals surface area contributed by atoms with Crippen LogP contribution in [0, 0.1) is 0 Å². The third-order valence-corrected chi connectivity index (χ3v) is 10.5. The molecule has 0 aliphatic carbocycles. The Bertz CT molecular complexity index is 1140. The summed E-state index contributed by atoms with van der Waals surface area (Å²) in [7, 11) is 0. The minimum absolute atomic E-state index is 0.103. The highest BCUT2D eigenvalue weighted by molar-refractivity contribution is 5.71. The fourth-order valence-electron chi connectivity index (χ4n) is 6.71. The normalized spacial score (nSPS) is 12.7. The number of hydrogen-bond acceptors (Lipinski definition) is 6. The van der Waals surface area contributed by atoms with Crippen molar-refractivity contribution >= 4 is 17.9 Å². The molecule has 0 saturated carbocycles. The molecule has 0 saturated heterocycles. The maximum Gasteiger partial charge on any atom is 0.306 e. The quantitative estimate of drug-likeness (QED) is 0.0263. The number of ether oxygens (including phenoxy) is 3. The lowest BCUT2D eigenvalue weighted by Gasteiger charge is -2.18. The van der Waals surface area contributed by atoms with Crippen molar-refractivity contribution in [2.24, 2.45) is 0 Å². The highest BCUT2D eigenvalue weighted by atomic mass is 16.6. The first-order valence-corrected chi connectivity index (χ1v) is 24.9. The predicted molar refractivity (Wildman–Crippen MR) is 256 cm³/mol. The fraction of sp³-hybridized carbons (Fsp3) is 0.722. The minimum atomic E-state index is -0.806. The van der Waals surface area contributed by atoms with E-state index in [1.54, 1.807) is 0 Å². The number of hydrogen-bond donors (Lipinski definition) is 0. The van der Waals surface area contributed by atoms with E-state index in [4.69, 9.17) is 14.2 Å². The maximum absolute atomic E-state index is 12.8. The number of carbonyl (C=O) groups excluding carboxylic acids is 3. The lowest BCUT2D eigenvalue weighted by Crippen LogP contribution is -2.30. The monoisotopic (exact) mass is 837 g/mol. The molecule has 6 heteroatoms. The van der Waals surface area contributed by atoms with Crippen LogP contribution in [0.25, 0.3) is 0 Å². The molecule has 6 nitrogen and oxygen atoms in total. The first kappa shape index (κ1) is 56.9. The largest absolute Gasteiger partial charge is 0.462 e. The molecule has 0 bridgehead atoms. The summed E-state index contributed by atoms with van der Waals surface area (Å²) in [6, 6.07) is 0. The van der Waals surface area contributed by atoms with E-state index in [0.717, 1.165) is 89.9 Å². The molecule has 0 N–H and O–H groups in total. The lowest BCUT2D eigenvalue weighted by molar-refractivity contribution is -0.166. The molecule has 0 fully saturated rings. The first-order chi connectivity index (χ1) is 29.5. The number of allylic oxidation sites excluding steroid dienone is 12. The molecule has 0 aromatic carbocycles. The van der Waals surface area contributed by atoms with Crippen LogP contribution in [-0.2, 0) is 28.6 Å². The van der Waals surface area contributed by atoms with Crippen molar-refractivity contribution in [1.29, 1.82) is 0 Å². The van der Waals surface area contributed by atoms with Gasteiger partial charge in [0, 0.05) is 19.3 Å². The predicted octanol–water partition coefficient (Wildman–Crippen LogP) is 16.3. The van der Waals surface area contributed by atoms with Crippen LogP contribution >= 0.6 is 0 Å². The van der Waals surface area contributed by atoms with Crippen molar-refractivity contribution in [3.63, 3.8) is 0 Å². The van der Waals surface area contributed by atoms with E-state index in [9.17, 15) is 14.4 Å². The van der Waals surface area contributed by atoms with Crippen LogP contribution in [-0.4, -0.2) is 37.2 Å². The molecule has 344 valence electrons. The number of esters is 3. The summed E-state index contributed by atoms with van der Waals surface area (Å²) in [4.78, 5) is 37.8. The average molecular weight is 837 g/mol. The van der Waals surface area contributed by atoms with Crippen molar-refractivity contribution in [3.8, 4) is 0 Å². The molecule has 0 aromatic rings. The number of carbonyl (C=O) groups is 3. The number of rotatable bonds is 44. The molecule has 0 spiro atoms. The van der Waals surface area contributed by atoms with Gasteiger partial charge in [0.05, 0.1) is 0 Å². The molecule has 0 aliphatic rings.